The lowest BCUT2D eigenvalue weighted by Crippen LogP contribution is -2.31. The summed E-state index contributed by atoms with van der Waals surface area (Å²) in [6.07, 6.45) is 0.992. The van der Waals surface area contributed by atoms with E-state index in [0.29, 0.717) is 24.8 Å². The molecule has 0 spiro atoms. The van der Waals surface area contributed by atoms with Crippen molar-refractivity contribution in [2.24, 2.45) is 5.92 Å². The highest BCUT2D eigenvalue weighted by Gasteiger charge is 2.23. The van der Waals surface area contributed by atoms with E-state index in [1.54, 1.807) is 17.5 Å². The number of thiazole rings is 1. The molecule has 1 N–H and O–H groups in total. The van der Waals surface area contributed by atoms with Gasteiger partial charge >= 0.3 is 0 Å². The number of ether oxygens (including phenoxy) is 1. The summed E-state index contributed by atoms with van der Waals surface area (Å²) in [6, 6.07) is 14.3. The molecule has 1 unspecified atom stereocenters. The molecule has 0 radical (unpaired) electrons. The van der Waals surface area contributed by atoms with Gasteiger partial charge in [-0.3, -0.25) is 4.79 Å². The maximum Gasteiger partial charge on any atom is 0.270 e. The summed E-state index contributed by atoms with van der Waals surface area (Å²) in [4.78, 5) is 19.2. The first-order chi connectivity index (χ1) is 14.6. The number of nitrogens with one attached hydrogen (secondary N) is 1. The fraction of sp³-hybridized carbons (Fsp3) is 0.304. The third-order valence-corrected chi connectivity index (χ3v) is 6.07. The van der Waals surface area contributed by atoms with E-state index < -0.39 is 0 Å². The number of amides is 1. The maximum atomic E-state index is 13.1. The monoisotopic (exact) mass is 425 g/mol. The van der Waals surface area contributed by atoms with E-state index in [0.717, 1.165) is 41.5 Å². The number of hydrogen-bond acceptors (Lipinski definition) is 5. The van der Waals surface area contributed by atoms with Crippen molar-refractivity contribution in [2.75, 3.05) is 31.1 Å². The van der Waals surface area contributed by atoms with Gasteiger partial charge in [0.2, 0.25) is 0 Å². The SMILES string of the molecule is CCOc1ccc(-c2nc(C(=O)NCC3CCN(c4ccc(F)cc4)C3)cs2)cc1. The zero-order chi connectivity index (χ0) is 20.9. The Bertz CT molecular complexity index is 988. The van der Waals surface area contributed by atoms with Gasteiger partial charge in [0.05, 0.1) is 6.61 Å². The molecule has 1 saturated heterocycles. The molecule has 1 amide bonds. The Hall–Kier alpha value is -2.93. The van der Waals surface area contributed by atoms with Gasteiger partial charge in [0.15, 0.2) is 0 Å². The molecule has 2 heterocycles. The molecule has 5 nitrogen and oxygen atoms in total. The van der Waals surface area contributed by atoms with Crippen LogP contribution in [0.2, 0.25) is 0 Å². The Balaban J connectivity index is 1.30. The van der Waals surface area contributed by atoms with Crippen LogP contribution >= 0.6 is 11.3 Å². The van der Waals surface area contributed by atoms with Gasteiger partial charge in [-0.25, -0.2) is 9.37 Å². The van der Waals surface area contributed by atoms with Gasteiger partial charge in [-0.05, 0) is 67.8 Å². The Kier molecular flexibility index (Phi) is 6.28. The molecule has 7 heteroatoms. The summed E-state index contributed by atoms with van der Waals surface area (Å²) in [7, 11) is 0. The van der Waals surface area contributed by atoms with E-state index in [9.17, 15) is 9.18 Å². The van der Waals surface area contributed by atoms with Crippen LogP contribution in [0, 0.1) is 11.7 Å². The third kappa shape index (κ3) is 4.79. The molecule has 1 aromatic heterocycles. The van der Waals surface area contributed by atoms with Gasteiger partial charge in [0.1, 0.15) is 22.3 Å². The molecule has 1 aliphatic heterocycles. The van der Waals surface area contributed by atoms with Crippen LogP contribution in [0.25, 0.3) is 10.6 Å². The summed E-state index contributed by atoms with van der Waals surface area (Å²) in [5, 5.41) is 5.62. The average molecular weight is 426 g/mol. The van der Waals surface area contributed by atoms with Crippen LogP contribution in [0.4, 0.5) is 10.1 Å². The summed E-state index contributed by atoms with van der Waals surface area (Å²) in [6.45, 7) is 4.94. The van der Waals surface area contributed by atoms with E-state index in [-0.39, 0.29) is 11.7 Å². The van der Waals surface area contributed by atoms with Crippen molar-refractivity contribution >= 4 is 22.9 Å². The topological polar surface area (TPSA) is 54.5 Å². The largest absolute Gasteiger partial charge is 0.494 e. The van der Waals surface area contributed by atoms with Gasteiger partial charge in [-0.2, -0.15) is 0 Å². The van der Waals surface area contributed by atoms with Gasteiger partial charge in [-0.15, -0.1) is 11.3 Å². The second kappa shape index (κ2) is 9.26. The van der Waals surface area contributed by atoms with E-state index in [1.165, 1.54) is 23.5 Å². The van der Waals surface area contributed by atoms with Crippen molar-refractivity contribution in [1.29, 1.82) is 0 Å². The minimum atomic E-state index is -0.227. The first-order valence-electron chi connectivity index (χ1n) is 10.1. The first-order valence-corrected chi connectivity index (χ1v) is 11.0. The number of carbonyl (C=O) groups excluding carboxylic acids is 1. The predicted octanol–water partition coefficient (Wildman–Crippen LogP) is 4.60. The van der Waals surface area contributed by atoms with Gasteiger partial charge in [0, 0.05) is 36.3 Å². The summed E-state index contributed by atoms with van der Waals surface area (Å²) >= 11 is 1.46. The van der Waals surface area contributed by atoms with Gasteiger partial charge in [-0.1, -0.05) is 0 Å². The molecule has 1 fully saturated rings. The van der Waals surface area contributed by atoms with Gasteiger partial charge < -0.3 is 15.0 Å². The van der Waals surface area contributed by atoms with Crippen molar-refractivity contribution < 1.29 is 13.9 Å². The fourth-order valence-electron chi connectivity index (χ4n) is 3.58. The number of rotatable bonds is 7. The Morgan fingerprint density at radius 3 is 2.73 bits per heavy atom. The van der Waals surface area contributed by atoms with Crippen LogP contribution < -0.4 is 15.0 Å². The molecular weight excluding hydrogens is 401 g/mol. The van der Waals surface area contributed by atoms with Crippen molar-refractivity contribution in [3.8, 4) is 16.3 Å². The summed E-state index contributed by atoms with van der Waals surface area (Å²) < 4.78 is 18.6. The smallest absolute Gasteiger partial charge is 0.270 e. The van der Waals surface area contributed by atoms with Crippen molar-refractivity contribution in [1.82, 2.24) is 10.3 Å². The standard InChI is InChI=1S/C23H24FN3O2S/c1-2-29-20-9-3-17(4-10-20)23-26-21(15-30-23)22(28)25-13-16-11-12-27(14-16)19-7-5-18(24)6-8-19/h3-10,15-16H,2,11-14H2,1H3,(H,25,28). The quantitative estimate of drug-likeness (QED) is 0.601. The highest BCUT2D eigenvalue weighted by molar-refractivity contribution is 7.13. The van der Waals surface area contributed by atoms with E-state index in [1.807, 2.05) is 31.2 Å². The Morgan fingerprint density at radius 1 is 1.23 bits per heavy atom. The van der Waals surface area contributed by atoms with Crippen molar-refractivity contribution in [2.45, 2.75) is 13.3 Å². The minimum absolute atomic E-state index is 0.149. The first kappa shape index (κ1) is 20.3. The molecule has 2 aromatic carbocycles. The highest BCUT2D eigenvalue weighted by Crippen LogP contribution is 2.26. The molecule has 0 aliphatic carbocycles. The molecule has 1 aliphatic rings. The number of carbonyl (C=O) groups is 1. The van der Waals surface area contributed by atoms with Gasteiger partial charge in [0.25, 0.3) is 5.91 Å². The molecule has 30 heavy (non-hydrogen) atoms. The second-order valence-corrected chi connectivity index (χ2v) is 8.14. The van der Waals surface area contributed by atoms with Crippen LogP contribution in [0.15, 0.2) is 53.9 Å². The highest BCUT2D eigenvalue weighted by atomic mass is 32.1. The average Bonchev–Trinajstić information content (AvgIpc) is 3.44. The zero-order valence-corrected chi connectivity index (χ0v) is 17.6. The van der Waals surface area contributed by atoms with E-state index >= 15 is 0 Å². The van der Waals surface area contributed by atoms with E-state index in [2.05, 4.69) is 15.2 Å². The minimum Gasteiger partial charge on any atom is -0.494 e. The molecule has 0 saturated carbocycles. The van der Waals surface area contributed by atoms with Crippen LogP contribution in [-0.4, -0.2) is 37.1 Å². The number of benzene rings is 2. The molecular formula is C23H24FN3O2S. The number of anilines is 1. The predicted molar refractivity (Wildman–Crippen MR) is 118 cm³/mol. The van der Waals surface area contributed by atoms with Crippen LogP contribution in [0.5, 0.6) is 5.75 Å². The lowest BCUT2D eigenvalue weighted by Gasteiger charge is -2.18. The molecule has 0 bridgehead atoms. The van der Waals surface area contributed by atoms with Crippen LogP contribution in [0.3, 0.4) is 0 Å². The number of halogens is 1. The Morgan fingerprint density at radius 2 is 2.00 bits per heavy atom. The fourth-order valence-corrected chi connectivity index (χ4v) is 4.39. The molecule has 4 rings (SSSR count). The molecule has 3 aromatic rings. The normalized spacial score (nSPS) is 15.9. The van der Waals surface area contributed by atoms with Crippen molar-refractivity contribution in [3.05, 3.63) is 65.4 Å². The van der Waals surface area contributed by atoms with Crippen LogP contribution in [-0.2, 0) is 0 Å². The van der Waals surface area contributed by atoms with E-state index in [4.69, 9.17) is 4.74 Å². The summed E-state index contributed by atoms with van der Waals surface area (Å²) in [5.41, 5.74) is 2.43. The number of nitrogens with zero attached hydrogens (tertiary/aromatic N) is 2. The number of aromatic nitrogens is 1. The Labute approximate surface area is 179 Å². The molecule has 156 valence electrons. The lowest BCUT2D eigenvalue weighted by molar-refractivity contribution is 0.0944. The number of hydrogen-bond donors (Lipinski definition) is 1. The zero-order valence-electron chi connectivity index (χ0n) is 16.8. The van der Waals surface area contributed by atoms with Crippen LogP contribution in [0.1, 0.15) is 23.8 Å². The lowest BCUT2D eigenvalue weighted by atomic mass is 10.1. The molecule has 1 atom stereocenters. The van der Waals surface area contributed by atoms with Crippen molar-refractivity contribution in [3.63, 3.8) is 0 Å². The summed E-state index contributed by atoms with van der Waals surface area (Å²) in [5.74, 6) is 0.809. The maximum absolute atomic E-state index is 13.1. The third-order valence-electron chi connectivity index (χ3n) is 5.18. The second-order valence-electron chi connectivity index (χ2n) is 7.28.